The van der Waals surface area contributed by atoms with Crippen molar-refractivity contribution in [3.63, 3.8) is 0 Å². The fourth-order valence-corrected chi connectivity index (χ4v) is 4.62. The number of furan rings is 2. The molecule has 3 aliphatic rings. The van der Waals surface area contributed by atoms with Crippen LogP contribution >= 0.6 is 0 Å². The molecular formula is C23H24N2O3. The van der Waals surface area contributed by atoms with Crippen LogP contribution in [0.5, 0.6) is 0 Å². The van der Waals surface area contributed by atoms with Crippen molar-refractivity contribution in [1.82, 2.24) is 10.2 Å². The van der Waals surface area contributed by atoms with Crippen LogP contribution in [-0.4, -0.2) is 36.0 Å². The molecular weight excluding hydrogens is 352 g/mol. The second kappa shape index (κ2) is 6.99. The Kier molecular flexibility index (Phi) is 4.32. The highest BCUT2D eigenvalue weighted by Gasteiger charge is 2.40. The maximum Gasteiger partial charge on any atom is 0.287 e. The van der Waals surface area contributed by atoms with Gasteiger partial charge in [-0.25, -0.2) is 0 Å². The summed E-state index contributed by atoms with van der Waals surface area (Å²) < 4.78 is 11.3. The predicted octanol–water partition coefficient (Wildman–Crippen LogP) is 4.42. The summed E-state index contributed by atoms with van der Waals surface area (Å²) in [4.78, 5) is 15.2. The molecule has 6 rings (SSSR count). The second-order valence-electron chi connectivity index (χ2n) is 7.83. The highest BCUT2D eigenvalue weighted by molar-refractivity contribution is 5.92. The fraction of sp³-hybridized carbons (Fsp3) is 0.348. The number of fused-ring (bicyclic) bond motifs is 3. The Bertz CT molecular complexity index is 948. The summed E-state index contributed by atoms with van der Waals surface area (Å²) in [5.74, 6) is 2.35. The Hall–Kier alpha value is -2.79. The molecule has 5 nitrogen and oxygen atoms in total. The van der Waals surface area contributed by atoms with Gasteiger partial charge in [0.25, 0.3) is 5.91 Å². The Morgan fingerprint density at radius 1 is 1.00 bits per heavy atom. The third kappa shape index (κ3) is 3.06. The normalized spacial score (nSPS) is 26.3. The monoisotopic (exact) mass is 376 g/mol. The van der Waals surface area contributed by atoms with Gasteiger partial charge in [0, 0.05) is 23.2 Å². The lowest BCUT2D eigenvalue weighted by molar-refractivity contribution is 0.0211. The number of hydrogen-bond donors (Lipinski definition) is 1. The van der Waals surface area contributed by atoms with Crippen molar-refractivity contribution in [1.29, 1.82) is 0 Å². The van der Waals surface area contributed by atoms with E-state index in [2.05, 4.69) is 17.1 Å². The van der Waals surface area contributed by atoms with Crippen molar-refractivity contribution in [2.24, 2.45) is 5.92 Å². The van der Waals surface area contributed by atoms with Crippen LogP contribution < -0.4 is 5.32 Å². The molecule has 2 atom stereocenters. The van der Waals surface area contributed by atoms with Gasteiger partial charge in [0.05, 0.1) is 6.26 Å². The lowest BCUT2D eigenvalue weighted by atomic mass is 9.79. The van der Waals surface area contributed by atoms with Crippen molar-refractivity contribution in [2.75, 3.05) is 13.1 Å². The average Bonchev–Trinajstić information content (AvgIpc) is 3.43. The third-order valence-corrected chi connectivity index (χ3v) is 6.28. The largest absolute Gasteiger partial charge is 0.464 e. The molecule has 5 heterocycles. The molecule has 3 fully saturated rings. The highest BCUT2D eigenvalue weighted by atomic mass is 16.4. The van der Waals surface area contributed by atoms with E-state index in [1.165, 1.54) is 12.8 Å². The predicted molar refractivity (Wildman–Crippen MR) is 107 cm³/mol. The number of hydrogen-bond acceptors (Lipinski definition) is 4. The summed E-state index contributed by atoms with van der Waals surface area (Å²) in [6.45, 7) is 4.51. The van der Waals surface area contributed by atoms with Crippen LogP contribution in [0.15, 0.2) is 63.6 Å². The lowest BCUT2D eigenvalue weighted by Gasteiger charge is -2.49. The molecule has 3 aromatic rings. The number of amides is 1. The molecule has 0 aliphatic carbocycles. The number of carbonyl (C=O) groups excluding carboxylic acids is 1. The molecule has 0 radical (unpaired) electrons. The van der Waals surface area contributed by atoms with Crippen LogP contribution in [0, 0.1) is 5.92 Å². The zero-order chi connectivity index (χ0) is 19.1. The Morgan fingerprint density at radius 2 is 1.71 bits per heavy atom. The van der Waals surface area contributed by atoms with Crippen molar-refractivity contribution in [3.8, 4) is 22.6 Å². The topological polar surface area (TPSA) is 58.6 Å². The molecule has 1 N–H and O–H groups in total. The second-order valence-corrected chi connectivity index (χ2v) is 7.83. The van der Waals surface area contributed by atoms with Crippen LogP contribution in [-0.2, 0) is 0 Å². The van der Waals surface area contributed by atoms with Gasteiger partial charge in [0.2, 0.25) is 0 Å². The maximum atomic E-state index is 12.8. The minimum atomic E-state index is -0.121. The van der Waals surface area contributed by atoms with E-state index in [0.29, 0.717) is 23.5 Å². The van der Waals surface area contributed by atoms with Gasteiger partial charge in [-0.1, -0.05) is 24.3 Å². The SMILES string of the molecule is C[C@H]1[C@H](NC(=O)c2ccc(-c3ccc(-c4ccco4)cc3)o2)C2CCN1CC2. The van der Waals surface area contributed by atoms with Gasteiger partial charge in [0.1, 0.15) is 11.5 Å². The van der Waals surface area contributed by atoms with Crippen LogP contribution in [0.3, 0.4) is 0 Å². The van der Waals surface area contributed by atoms with E-state index in [1.54, 1.807) is 12.3 Å². The van der Waals surface area contributed by atoms with Crippen LogP contribution in [0.4, 0.5) is 0 Å². The molecule has 0 spiro atoms. The summed E-state index contributed by atoms with van der Waals surface area (Å²) >= 11 is 0. The van der Waals surface area contributed by atoms with Gasteiger partial charge in [-0.05, 0) is 63.0 Å². The van der Waals surface area contributed by atoms with Gasteiger partial charge in [-0.2, -0.15) is 0 Å². The number of carbonyl (C=O) groups is 1. The van der Waals surface area contributed by atoms with Crippen LogP contribution in [0.25, 0.3) is 22.6 Å². The summed E-state index contributed by atoms with van der Waals surface area (Å²) in [6.07, 6.45) is 4.00. The van der Waals surface area contributed by atoms with E-state index in [4.69, 9.17) is 8.83 Å². The first-order chi connectivity index (χ1) is 13.7. The van der Waals surface area contributed by atoms with Crippen molar-refractivity contribution in [2.45, 2.75) is 31.8 Å². The maximum absolute atomic E-state index is 12.8. The quantitative estimate of drug-likeness (QED) is 0.732. The summed E-state index contributed by atoms with van der Waals surface area (Å²) in [7, 11) is 0. The van der Waals surface area contributed by atoms with E-state index in [-0.39, 0.29) is 11.9 Å². The smallest absolute Gasteiger partial charge is 0.287 e. The standard InChI is InChI=1S/C23H24N2O3/c1-15-22(18-10-12-25(15)13-11-18)24-23(26)21-9-8-20(28-21)17-6-4-16(5-7-17)19-3-2-14-27-19/h2-9,14-15,18,22H,10-13H2,1H3,(H,24,26)/t15-,22-/m0/s1. The van der Waals surface area contributed by atoms with Gasteiger partial charge in [-0.15, -0.1) is 0 Å². The first-order valence-corrected chi connectivity index (χ1v) is 9.98. The molecule has 0 unspecified atom stereocenters. The molecule has 1 amide bonds. The number of nitrogens with zero attached hydrogens (tertiary/aromatic N) is 1. The molecule has 2 aromatic heterocycles. The number of rotatable bonds is 4. The van der Waals surface area contributed by atoms with Crippen molar-refractivity contribution < 1.29 is 13.6 Å². The van der Waals surface area contributed by atoms with E-state index in [0.717, 1.165) is 30.0 Å². The molecule has 5 heteroatoms. The molecule has 0 saturated carbocycles. The van der Waals surface area contributed by atoms with E-state index < -0.39 is 0 Å². The molecule has 28 heavy (non-hydrogen) atoms. The third-order valence-electron chi connectivity index (χ3n) is 6.28. The fourth-order valence-electron chi connectivity index (χ4n) is 4.62. The van der Waals surface area contributed by atoms with Crippen LogP contribution in [0.2, 0.25) is 0 Å². The average molecular weight is 376 g/mol. The molecule has 2 bridgehead atoms. The van der Waals surface area contributed by atoms with E-state index >= 15 is 0 Å². The van der Waals surface area contributed by atoms with Gasteiger partial charge in [0.15, 0.2) is 5.76 Å². The zero-order valence-corrected chi connectivity index (χ0v) is 15.9. The minimum absolute atomic E-state index is 0.121. The Balaban J connectivity index is 1.30. The van der Waals surface area contributed by atoms with Crippen LogP contribution in [0.1, 0.15) is 30.3 Å². The summed E-state index contributed by atoms with van der Waals surface area (Å²) in [6, 6.07) is 16.0. The number of benzene rings is 1. The summed E-state index contributed by atoms with van der Waals surface area (Å²) in [5, 5.41) is 3.22. The van der Waals surface area contributed by atoms with E-state index in [9.17, 15) is 4.79 Å². The molecule has 1 aromatic carbocycles. The van der Waals surface area contributed by atoms with Gasteiger partial charge < -0.3 is 14.2 Å². The van der Waals surface area contributed by atoms with E-state index in [1.807, 2.05) is 42.5 Å². The molecule has 144 valence electrons. The lowest BCUT2D eigenvalue weighted by Crippen LogP contribution is -2.62. The molecule has 3 saturated heterocycles. The number of piperidine rings is 3. The number of nitrogens with one attached hydrogen (secondary N) is 1. The highest BCUT2D eigenvalue weighted by Crippen LogP contribution is 2.32. The summed E-state index contributed by atoms with van der Waals surface area (Å²) in [5.41, 5.74) is 1.94. The van der Waals surface area contributed by atoms with Crippen molar-refractivity contribution >= 4 is 5.91 Å². The molecule has 3 aliphatic heterocycles. The first-order valence-electron chi connectivity index (χ1n) is 9.98. The Labute approximate surface area is 164 Å². The van der Waals surface area contributed by atoms with Gasteiger partial charge >= 0.3 is 0 Å². The van der Waals surface area contributed by atoms with Gasteiger partial charge in [-0.3, -0.25) is 9.69 Å². The van der Waals surface area contributed by atoms with Crippen molar-refractivity contribution in [3.05, 3.63) is 60.6 Å². The Morgan fingerprint density at radius 3 is 2.36 bits per heavy atom. The first kappa shape index (κ1) is 17.3. The zero-order valence-electron chi connectivity index (χ0n) is 15.9. The minimum Gasteiger partial charge on any atom is -0.464 e.